The summed E-state index contributed by atoms with van der Waals surface area (Å²) in [5, 5.41) is 0. The van der Waals surface area contributed by atoms with E-state index in [1.165, 1.54) is 0 Å². The van der Waals surface area contributed by atoms with Crippen LogP contribution in [0.1, 0.15) is 16.1 Å². The Morgan fingerprint density at radius 2 is 1.76 bits per heavy atom. The summed E-state index contributed by atoms with van der Waals surface area (Å²) in [7, 11) is 0. The summed E-state index contributed by atoms with van der Waals surface area (Å²) in [5.41, 5.74) is 2.97. The van der Waals surface area contributed by atoms with Crippen molar-refractivity contribution in [2.24, 2.45) is 0 Å². The second-order valence-electron chi connectivity index (χ2n) is 6.06. The molecule has 7 heteroatoms. The minimum atomic E-state index is 0.0749. The maximum absolute atomic E-state index is 12.6. The molecule has 0 spiro atoms. The summed E-state index contributed by atoms with van der Waals surface area (Å²) in [4.78, 5) is 25.4. The monoisotopic (exact) mass is 448 g/mol. The maximum atomic E-state index is 12.6. The van der Waals surface area contributed by atoms with Crippen molar-refractivity contribution < 1.29 is 9.21 Å². The van der Waals surface area contributed by atoms with Crippen molar-refractivity contribution in [2.75, 3.05) is 31.1 Å². The van der Waals surface area contributed by atoms with E-state index in [1.807, 2.05) is 48.2 Å². The van der Waals surface area contributed by atoms with Crippen molar-refractivity contribution in [2.45, 2.75) is 6.92 Å². The van der Waals surface area contributed by atoms with E-state index in [-0.39, 0.29) is 5.91 Å². The lowest BCUT2D eigenvalue weighted by molar-refractivity contribution is 0.0745. The van der Waals surface area contributed by atoms with Gasteiger partial charge in [0.2, 0.25) is 5.65 Å². The zero-order chi connectivity index (χ0) is 17.4. The summed E-state index contributed by atoms with van der Waals surface area (Å²) >= 11 is 2.24. The van der Waals surface area contributed by atoms with Crippen LogP contribution >= 0.6 is 22.6 Å². The highest BCUT2D eigenvalue weighted by molar-refractivity contribution is 14.1. The largest absolute Gasteiger partial charge is 0.422 e. The number of rotatable bonds is 2. The summed E-state index contributed by atoms with van der Waals surface area (Å²) in [6.45, 7) is 4.62. The molecule has 0 atom stereocenters. The van der Waals surface area contributed by atoms with Crippen molar-refractivity contribution in [1.29, 1.82) is 0 Å². The summed E-state index contributed by atoms with van der Waals surface area (Å²) in [6.07, 6.45) is 0. The predicted octanol–water partition coefficient (Wildman–Crippen LogP) is 3.10. The third-order valence-corrected chi connectivity index (χ3v) is 5.03. The maximum Gasteiger partial charge on any atom is 0.300 e. The Kier molecular flexibility index (Phi) is 4.32. The Balaban J connectivity index is 1.45. The van der Waals surface area contributed by atoms with Gasteiger partial charge in [-0.2, -0.15) is 4.98 Å². The second kappa shape index (κ2) is 6.62. The molecule has 1 saturated heterocycles. The van der Waals surface area contributed by atoms with Crippen LogP contribution < -0.4 is 4.90 Å². The van der Waals surface area contributed by atoms with Crippen LogP contribution in [0.2, 0.25) is 0 Å². The number of hydrogen-bond donors (Lipinski definition) is 0. The minimum absolute atomic E-state index is 0.0749. The Labute approximate surface area is 159 Å². The molecule has 1 amide bonds. The van der Waals surface area contributed by atoms with Crippen molar-refractivity contribution in [3.05, 3.63) is 51.2 Å². The van der Waals surface area contributed by atoms with Gasteiger partial charge < -0.3 is 14.2 Å². The molecule has 6 nitrogen and oxygen atoms in total. The fourth-order valence-electron chi connectivity index (χ4n) is 2.91. The van der Waals surface area contributed by atoms with E-state index in [0.717, 1.165) is 14.8 Å². The molecule has 0 aliphatic carbocycles. The number of aromatic nitrogens is 2. The standard InChI is InChI=1S/C18H17IN4O2/c1-12-2-7-15-16(20-12)21-18(25-15)23-10-8-22(9-11-23)17(24)13-3-5-14(19)6-4-13/h2-7H,8-11H2,1H3. The molecule has 1 aromatic carbocycles. The number of anilines is 1. The Bertz CT molecular complexity index is 914. The van der Waals surface area contributed by atoms with E-state index in [2.05, 4.69) is 37.5 Å². The van der Waals surface area contributed by atoms with Crippen LogP contribution in [0.4, 0.5) is 6.01 Å². The van der Waals surface area contributed by atoms with E-state index in [4.69, 9.17) is 4.42 Å². The quantitative estimate of drug-likeness (QED) is 0.564. The van der Waals surface area contributed by atoms with Gasteiger partial charge in [-0.3, -0.25) is 4.79 Å². The van der Waals surface area contributed by atoms with Gasteiger partial charge in [0.1, 0.15) is 0 Å². The molecule has 0 saturated carbocycles. The van der Waals surface area contributed by atoms with Gasteiger partial charge in [-0.1, -0.05) is 0 Å². The van der Waals surface area contributed by atoms with E-state index >= 15 is 0 Å². The molecule has 0 N–H and O–H groups in total. The number of nitrogens with zero attached hydrogens (tertiary/aromatic N) is 4. The van der Waals surface area contributed by atoms with Crippen LogP contribution in [0.3, 0.4) is 0 Å². The molecule has 3 aromatic rings. The number of amides is 1. The normalized spacial score (nSPS) is 15.0. The van der Waals surface area contributed by atoms with Crippen molar-refractivity contribution >= 4 is 45.7 Å². The SMILES string of the molecule is Cc1ccc2oc(N3CCN(C(=O)c4ccc(I)cc4)CC3)nc2n1. The lowest BCUT2D eigenvalue weighted by atomic mass is 10.2. The van der Waals surface area contributed by atoms with Crippen LogP contribution in [0.25, 0.3) is 11.2 Å². The van der Waals surface area contributed by atoms with Gasteiger partial charge in [-0.05, 0) is 65.9 Å². The summed E-state index contributed by atoms with van der Waals surface area (Å²) < 4.78 is 6.93. The first-order chi connectivity index (χ1) is 12.1. The van der Waals surface area contributed by atoms with E-state index < -0.39 is 0 Å². The van der Waals surface area contributed by atoms with Gasteiger partial charge >= 0.3 is 0 Å². The molecule has 1 fully saturated rings. The molecule has 0 bridgehead atoms. The zero-order valence-corrected chi connectivity index (χ0v) is 15.9. The summed E-state index contributed by atoms with van der Waals surface area (Å²) in [6, 6.07) is 12.1. The summed E-state index contributed by atoms with van der Waals surface area (Å²) in [5.74, 6) is 0.0749. The highest BCUT2D eigenvalue weighted by Crippen LogP contribution is 2.22. The third kappa shape index (κ3) is 3.33. The topological polar surface area (TPSA) is 62.5 Å². The van der Waals surface area contributed by atoms with E-state index in [9.17, 15) is 4.79 Å². The predicted molar refractivity (Wildman–Crippen MR) is 104 cm³/mol. The number of fused-ring (bicyclic) bond motifs is 1. The van der Waals surface area contributed by atoms with Gasteiger partial charge in [-0.15, -0.1) is 0 Å². The van der Waals surface area contributed by atoms with Crippen LogP contribution in [0.15, 0.2) is 40.8 Å². The third-order valence-electron chi connectivity index (χ3n) is 4.31. The second-order valence-corrected chi connectivity index (χ2v) is 7.30. The van der Waals surface area contributed by atoms with Gasteiger partial charge in [-0.25, -0.2) is 4.98 Å². The number of carbonyl (C=O) groups is 1. The van der Waals surface area contributed by atoms with Crippen LogP contribution in [-0.4, -0.2) is 47.0 Å². The first kappa shape index (κ1) is 16.3. The van der Waals surface area contributed by atoms with Gasteiger partial charge in [0.05, 0.1) is 0 Å². The average Bonchev–Trinajstić information content (AvgIpc) is 3.05. The number of carbonyl (C=O) groups excluding carboxylic acids is 1. The van der Waals surface area contributed by atoms with E-state index in [0.29, 0.717) is 43.4 Å². The lowest BCUT2D eigenvalue weighted by Gasteiger charge is -2.33. The molecular formula is C18H17IN4O2. The molecule has 0 radical (unpaired) electrons. The Morgan fingerprint density at radius 1 is 1.04 bits per heavy atom. The van der Waals surface area contributed by atoms with Gasteiger partial charge in [0, 0.05) is 41.0 Å². The Hall–Kier alpha value is -2.16. The van der Waals surface area contributed by atoms with E-state index in [1.54, 1.807) is 0 Å². The first-order valence-corrected chi connectivity index (χ1v) is 9.22. The van der Waals surface area contributed by atoms with Crippen LogP contribution in [0.5, 0.6) is 0 Å². The molecular weight excluding hydrogens is 431 g/mol. The number of hydrogen-bond acceptors (Lipinski definition) is 5. The molecule has 3 heterocycles. The Morgan fingerprint density at radius 3 is 2.48 bits per heavy atom. The number of piperazine rings is 1. The fourth-order valence-corrected chi connectivity index (χ4v) is 3.27. The zero-order valence-electron chi connectivity index (χ0n) is 13.8. The van der Waals surface area contributed by atoms with Gasteiger partial charge in [0.25, 0.3) is 11.9 Å². The number of aryl methyl sites for hydroxylation is 1. The average molecular weight is 448 g/mol. The highest BCUT2D eigenvalue weighted by atomic mass is 127. The fraction of sp³-hybridized carbons (Fsp3) is 0.278. The molecule has 1 aliphatic rings. The minimum Gasteiger partial charge on any atom is -0.422 e. The molecule has 25 heavy (non-hydrogen) atoms. The lowest BCUT2D eigenvalue weighted by Crippen LogP contribution is -2.48. The van der Waals surface area contributed by atoms with Crippen molar-refractivity contribution in [3.8, 4) is 0 Å². The first-order valence-electron chi connectivity index (χ1n) is 8.14. The number of benzene rings is 1. The van der Waals surface area contributed by atoms with Crippen molar-refractivity contribution in [1.82, 2.24) is 14.9 Å². The molecule has 2 aromatic heterocycles. The van der Waals surface area contributed by atoms with Gasteiger partial charge in [0.15, 0.2) is 5.58 Å². The number of oxazole rings is 1. The number of halogens is 1. The smallest absolute Gasteiger partial charge is 0.300 e. The van der Waals surface area contributed by atoms with Crippen molar-refractivity contribution in [3.63, 3.8) is 0 Å². The van der Waals surface area contributed by atoms with Crippen LogP contribution in [0, 0.1) is 10.5 Å². The molecule has 4 rings (SSSR count). The molecule has 0 unspecified atom stereocenters. The molecule has 1 aliphatic heterocycles. The van der Waals surface area contributed by atoms with Crippen LogP contribution in [-0.2, 0) is 0 Å². The molecule has 128 valence electrons. The highest BCUT2D eigenvalue weighted by Gasteiger charge is 2.25. The number of pyridine rings is 1.